The SMILES string of the molecule is Cc1nn(C(C)(C)C)c2nc(C(C)C)cc(C(=O)Nc3cn[nH]c3)c12. The Kier molecular flexibility index (Phi) is 4.10. The molecule has 3 heterocycles. The molecule has 132 valence electrons. The minimum Gasteiger partial charge on any atom is -0.319 e. The van der Waals surface area contributed by atoms with Crippen molar-refractivity contribution in [3.05, 3.63) is 35.4 Å². The molecule has 25 heavy (non-hydrogen) atoms. The summed E-state index contributed by atoms with van der Waals surface area (Å²) in [4.78, 5) is 17.7. The first kappa shape index (κ1) is 17.1. The third-order valence-corrected chi connectivity index (χ3v) is 4.06. The van der Waals surface area contributed by atoms with E-state index in [0.29, 0.717) is 11.3 Å². The Balaban J connectivity index is 2.22. The summed E-state index contributed by atoms with van der Waals surface area (Å²) in [6.45, 7) is 12.3. The molecule has 3 aromatic heterocycles. The Bertz CT molecular complexity index is 915. The number of hydrogen-bond donors (Lipinski definition) is 2. The van der Waals surface area contributed by atoms with Crippen LogP contribution < -0.4 is 5.32 Å². The molecule has 3 rings (SSSR count). The van der Waals surface area contributed by atoms with Crippen molar-refractivity contribution in [1.29, 1.82) is 0 Å². The zero-order chi connectivity index (χ0) is 18.4. The van der Waals surface area contributed by atoms with Crippen LogP contribution in [0.5, 0.6) is 0 Å². The van der Waals surface area contributed by atoms with E-state index in [1.54, 1.807) is 12.4 Å². The van der Waals surface area contributed by atoms with Gasteiger partial charge < -0.3 is 5.32 Å². The maximum atomic E-state index is 12.9. The fraction of sp³-hybridized carbons (Fsp3) is 0.444. The Morgan fingerprint density at radius 3 is 2.60 bits per heavy atom. The Morgan fingerprint density at radius 1 is 1.32 bits per heavy atom. The van der Waals surface area contributed by atoms with Gasteiger partial charge in [-0.1, -0.05) is 13.8 Å². The van der Waals surface area contributed by atoms with Gasteiger partial charge in [0.05, 0.1) is 34.1 Å². The van der Waals surface area contributed by atoms with Crippen molar-refractivity contribution in [1.82, 2.24) is 25.0 Å². The summed E-state index contributed by atoms with van der Waals surface area (Å²) in [5.74, 6) is 0.0146. The van der Waals surface area contributed by atoms with E-state index in [9.17, 15) is 4.79 Å². The van der Waals surface area contributed by atoms with Crippen LogP contribution in [-0.4, -0.2) is 30.9 Å². The van der Waals surface area contributed by atoms with Crippen molar-refractivity contribution in [3.63, 3.8) is 0 Å². The number of nitrogens with zero attached hydrogens (tertiary/aromatic N) is 4. The molecule has 0 atom stereocenters. The van der Waals surface area contributed by atoms with E-state index in [1.165, 1.54) is 0 Å². The summed E-state index contributed by atoms with van der Waals surface area (Å²) >= 11 is 0. The van der Waals surface area contributed by atoms with E-state index in [4.69, 9.17) is 4.98 Å². The number of pyridine rings is 1. The van der Waals surface area contributed by atoms with Crippen LogP contribution in [0, 0.1) is 6.92 Å². The van der Waals surface area contributed by atoms with Gasteiger partial charge in [-0.25, -0.2) is 9.67 Å². The van der Waals surface area contributed by atoms with Crippen LogP contribution in [-0.2, 0) is 5.54 Å². The molecule has 0 aliphatic heterocycles. The summed E-state index contributed by atoms with van der Waals surface area (Å²) in [6, 6.07) is 1.87. The number of carbonyl (C=O) groups excluding carboxylic acids is 1. The van der Waals surface area contributed by atoms with Gasteiger partial charge in [0.1, 0.15) is 0 Å². The quantitative estimate of drug-likeness (QED) is 0.762. The largest absolute Gasteiger partial charge is 0.319 e. The zero-order valence-corrected chi connectivity index (χ0v) is 15.5. The van der Waals surface area contributed by atoms with E-state index >= 15 is 0 Å². The normalized spacial score (nSPS) is 12.1. The minimum absolute atomic E-state index is 0.188. The van der Waals surface area contributed by atoms with Gasteiger partial charge in [0.15, 0.2) is 5.65 Å². The zero-order valence-electron chi connectivity index (χ0n) is 15.5. The predicted molar refractivity (Wildman–Crippen MR) is 97.9 cm³/mol. The highest BCUT2D eigenvalue weighted by Gasteiger charge is 2.25. The molecular formula is C18H24N6O. The van der Waals surface area contributed by atoms with Crippen molar-refractivity contribution in [2.75, 3.05) is 5.32 Å². The lowest BCUT2D eigenvalue weighted by Crippen LogP contribution is -2.24. The molecule has 0 radical (unpaired) electrons. The summed E-state index contributed by atoms with van der Waals surface area (Å²) in [7, 11) is 0. The summed E-state index contributed by atoms with van der Waals surface area (Å²) in [6.07, 6.45) is 3.22. The van der Waals surface area contributed by atoms with Gasteiger partial charge in [0.2, 0.25) is 0 Å². The van der Waals surface area contributed by atoms with E-state index in [1.807, 2.05) is 17.7 Å². The molecular weight excluding hydrogens is 316 g/mol. The van der Waals surface area contributed by atoms with Crippen LogP contribution in [0.1, 0.15) is 62.3 Å². The van der Waals surface area contributed by atoms with Crippen LogP contribution in [0.3, 0.4) is 0 Å². The van der Waals surface area contributed by atoms with Crippen molar-refractivity contribution in [3.8, 4) is 0 Å². The number of nitrogens with one attached hydrogen (secondary N) is 2. The highest BCUT2D eigenvalue weighted by atomic mass is 16.1. The predicted octanol–water partition coefficient (Wildman–Crippen LogP) is 3.59. The maximum absolute atomic E-state index is 12.9. The Morgan fingerprint density at radius 2 is 2.04 bits per heavy atom. The maximum Gasteiger partial charge on any atom is 0.256 e. The number of aromatic nitrogens is 5. The second-order valence-corrected chi connectivity index (χ2v) is 7.56. The fourth-order valence-corrected chi connectivity index (χ4v) is 2.77. The second kappa shape index (κ2) is 5.98. The number of aryl methyl sites for hydroxylation is 1. The van der Waals surface area contributed by atoms with E-state index in [-0.39, 0.29) is 17.4 Å². The van der Waals surface area contributed by atoms with Gasteiger partial charge in [0, 0.05) is 11.9 Å². The molecule has 7 nitrogen and oxygen atoms in total. The number of aromatic amines is 1. The van der Waals surface area contributed by atoms with Gasteiger partial charge in [-0.2, -0.15) is 10.2 Å². The smallest absolute Gasteiger partial charge is 0.256 e. The van der Waals surface area contributed by atoms with Gasteiger partial charge in [-0.05, 0) is 39.7 Å². The number of hydrogen-bond acceptors (Lipinski definition) is 4. The van der Waals surface area contributed by atoms with Crippen molar-refractivity contribution >= 4 is 22.6 Å². The van der Waals surface area contributed by atoms with E-state index in [0.717, 1.165) is 22.4 Å². The van der Waals surface area contributed by atoms with Gasteiger partial charge >= 0.3 is 0 Å². The molecule has 7 heteroatoms. The fourth-order valence-electron chi connectivity index (χ4n) is 2.77. The molecule has 0 aliphatic carbocycles. The lowest BCUT2D eigenvalue weighted by molar-refractivity contribution is 0.102. The second-order valence-electron chi connectivity index (χ2n) is 7.56. The number of anilines is 1. The van der Waals surface area contributed by atoms with Crippen LogP contribution in [0.15, 0.2) is 18.5 Å². The Hall–Kier alpha value is -2.70. The monoisotopic (exact) mass is 340 g/mol. The number of rotatable bonds is 3. The minimum atomic E-state index is -0.229. The molecule has 3 aromatic rings. The van der Waals surface area contributed by atoms with Gasteiger partial charge in [0.25, 0.3) is 5.91 Å². The number of amides is 1. The van der Waals surface area contributed by atoms with Crippen molar-refractivity contribution in [2.45, 2.75) is 53.0 Å². The van der Waals surface area contributed by atoms with Crippen LogP contribution >= 0.6 is 0 Å². The summed E-state index contributed by atoms with van der Waals surface area (Å²) < 4.78 is 1.90. The molecule has 0 saturated carbocycles. The molecule has 0 saturated heterocycles. The molecule has 0 bridgehead atoms. The number of fused-ring (bicyclic) bond motifs is 1. The van der Waals surface area contributed by atoms with E-state index in [2.05, 4.69) is 55.2 Å². The first-order valence-corrected chi connectivity index (χ1v) is 8.39. The molecule has 0 fully saturated rings. The summed E-state index contributed by atoms with van der Waals surface area (Å²) in [5, 5.41) is 14.9. The average Bonchev–Trinajstić information content (AvgIpc) is 3.14. The molecule has 0 unspecified atom stereocenters. The standard InChI is InChI=1S/C18H24N6O/c1-10(2)14-7-13(17(25)21-12-8-19-20-9-12)15-11(3)23-24(16(15)22-14)18(4,5)6/h7-10H,1-6H3,(H,19,20)(H,21,25). The van der Waals surface area contributed by atoms with Crippen LogP contribution in [0.4, 0.5) is 5.69 Å². The molecule has 0 aromatic carbocycles. The lowest BCUT2D eigenvalue weighted by Gasteiger charge is -2.20. The van der Waals surface area contributed by atoms with Gasteiger partial charge in [-0.3, -0.25) is 9.89 Å². The van der Waals surface area contributed by atoms with E-state index < -0.39 is 0 Å². The highest BCUT2D eigenvalue weighted by Crippen LogP contribution is 2.29. The van der Waals surface area contributed by atoms with Crippen molar-refractivity contribution in [2.24, 2.45) is 0 Å². The first-order chi connectivity index (χ1) is 11.7. The van der Waals surface area contributed by atoms with Crippen LogP contribution in [0.25, 0.3) is 11.0 Å². The average molecular weight is 340 g/mol. The third-order valence-electron chi connectivity index (χ3n) is 4.06. The molecule has 0 spiro atoms. The first-order valence-electron chi connectivity index (χ1n) is 8.39. The summed E-state index contributed by atoms with van der Waals surface area (Å²) in [5.41, 5.74) is 3.40. The van der Waals surface area contributed by atoms with Crippen LogP contribution in [0.2, 0.25) is 0 Å². The number of H-pyrrole nitrogens is 1. The third kappa shape index (κ3) is 3.14. The topological polar surface area (TPSA) is 88.5 Å². The molecule has 2 N–H and O–H groups in total. The molecule has 0 aliphatic rings. The molecule has 1 amide bonds. The number of carbonyl (C=O) groups is 1. The van der Waals surface area contributed by atoms with Crippen molar-refractivity contribution < 1.29 is 4.79 Å². The van der Waals surface area contributed by atoms with Gasteiger partial charge in [-0.15, -0.1) is 0 Å². The highest BCUT2D eigenvalue weighted by molar-refractivity contribution is 6.12. The lowest BCUT2D eigenvalue weighted by atomic mass is 10.0. The Labute approximate surface area is 146 Å².